The molecule has 4 rings (SSSR count). The van der Waals surface area contributed by atoms with Crippen LogP contribution < -0.4 is 0 Å². The molecular weight excluding hydrogens is 270 g/mol. The van der Waals surface area contributed by atoms with Gasteiger partial charge in [-0.2, -0.15) is 0 Å². The van der Waals surface area contributed by atoms with Gasteiger partial charge in [0.25, 0.3) is 5.91 Å². The zero-order chi connectivity index (χ0) is 14.4. The van der Waals surface area contributed by atoms with Gasteiger partial charge in [0.2, 0.25) is 0 Å². The van der Waals surface area contributed by atoms with E-state index < -0.39 is 0 Å². The maximum atomic E-state index is 12.3. The summed E-state index contributed by atoms with van der Waals surface area (Å²) in [5.74, 6) is 0.616. The lowest BCUT2D eigenvalue weighted by Gasteiger charge is -2.46. The zero-order valence-electron chi connectivity index (χ0n) is 12.4. The molecule has 1 atom stereocenters. The minimum Gasteiger partial charge on any atom is -0.370 e. The van der Waals surface area contributed by atoms with Crippen molar-refractivity contribution in [2.45, 2.75) is 37.8 Å². The molecule has 21 heavy (non-hydrogen) atoms. The second kappa shape index (κ2) is 4.81. The molecule has 6 nitrogen and oxygen atoms in total. The zero-order valence-corrected chi connectivity index (χ0v) is 12.4. The summed E-state index contributed by atoms with van der Waals surface area (Å²) in [4.78, 5) is 16.6. The van der Waals surface area contributed by atoms with E-state index in [0.717, 1.165) is 13.0 Å². The summed E-state index contributed by atoms with van der Waals surface area (Å²) in [5, 5.41) is 3.80. The first-order chi connectivity index (χ1) is 10.2. The van der Waals surface area contributed by atoms with Gasteiger partial charge in [-0.1, -0.05) is 5.16 Å². The number of aromatic nitrogens is 1. The summed E-state index contributed by atoms with van der Waals surface area (Å²) in [7, 11) is 0. The number of aryl methyl sites for hydroxylation is 1. The van der Waals surface area contributed by atoms with Crippen molar-refractivity contribution in [1.29, 1.82) is 0 Å². The van der Waals surface area contributed by atoms with Gasteiger partial charge in [-0.05, 0) is 39.3 Å². The number of likely N-dealkylation sites (tertiary alicyclic amines) is 2. The Morgan fingerprint density at radius 1 is 1.38 bits per heavy atom. The smallest absolute Gasteiger partial charge is 0.276 e. The SMILES string of the molecule is Cc1cc(C(=O)N2CC3(CC(N4CCCC4)CO3)C2)no1. The van der Waals surface area contributed by atoms with E-state index in [0.29, 0.717) is 30.6 Å². The molecule has 3 aliphatic rings. The van der Waals surface area contributed by atoms with Crippen LogP contribution >= 0.6 is 0 Å². The summed E-state index contributed by atoms with van der Waals surface area (Å²) in [6.07, 6.45) is 3.66. The summed E-state index contributed by atoms with van der Waals surface area (Å²) in [6.45, 7) is 6.37. The van der Waals surface area contributed by atoms with Crippen LogP contribution in [0.5, 0.6) is 0 Å². The number of nitrogens with zero attached hydrogens (tertiary/aromatic N) is 3. The molecule has 0 aliphatic carbocycles. The van der Waals surface area contributed by atoms with E-state index in [-0.39, 0.29) is 11.5 Å². The maximum absolute atomic E-state index is 12.3. The number of rotatable bonds is 2. The largest absolute Gasteiger partial charge is 0.370 e. The molecule has 114 valence electrons. The molecule has 0 N–H and O–H groups in total. The number of hydrogen-bond donors (Lipinski definition) is 0. The minimum absolute atomic E-state index is 0.0503. The summed E-state index contributed by atoms with van der Waals surface area (Å²) in [5.41, 5.74) is 0.290. The molecule has 3 saturated heterocycles. The fourth-order valence-corrected chi connectivity index (χ4v) is 3.80. The topological polar surface area (TPSA) is 58.8 Å². The molecule has 1 amide bonds. The Balaban J connectivity index is 1.35. The lowest BCUT2D eigenvalue weighted by atomic mass is 9.88. The first-order valence-corrected chi connectivity index (χ1v) is 7.76. The van der Waals surface area contributed by atoms with Crippen molar-refractivity contribution in [3.63, 3.8) is 0 Å². The lowest BCUT2D eigenvalue weighted by Crippen LogP contribution is -2.63. The fraction of sp³-hybridized carbons (Fsp3) is 0.733. The number of ether oxygens (including phenoxy) is 1. The molecule has 1 spiro atoms. The average molecular weight is 291 g/mol. The quantitative estimate of drug-likeness (QED) is 0.815. The van der Waals surface area contributed by atoms with Gasteiger partial charge in [0.15, 0.2) is 5.69 Å². The van der Waals surface area contributed by atoms with Crippen LogP contribution in [0.25, 0.3) is 0 Å². The van der Waals surface area contributed by atoms with Crippen LogP contribution in [-0.4, -0.2) is 65.3 Å². The van der Waals surface area contributed by atoms with E-state index >= 15 is 0 Å². The molecule has 0 radical (unpaired) electrons. The summed E-state index contributed by atoms with van der Waals surface area (Å²) in [6, 6.07) is 2.23. The van der Waals surface area contributed by atoms with Crippen molar-refractivity contribution in [3.05, 3.63) is 17.5 Å². The van der Waals surface area contributed by atoms with Crippen molar-refractivity contribution in [3.8, 4) is 0 Å². The highest BCUT2D eigenvalue weighted by Crippen LogP contribution is 2.38. The van der Waals surface area contributed by atoms with Crippen LogP contribution in [0.4, 0.5) is 0 Å². The van der Waals surface area contributed by atoms with Gasteiger partial charge < -0.3 is 14.2 Å². The van der Waals surface area contributed by atoms with Crippen LogP contribution in [-0.2, 0) is 4.74 Å². The van der Waals surface area contributed by atoms with Gasteiger partial charge in [0.1, 0.15) is 11.4 Å². The summed E-state index contributed by atoms with van der Waals surface area (Å²) < 4.78 is 11.0. The van der Waals surface area contributed by atoms with Gasteiger partial charge >= 0.3 is 0 Å². The number of carbonyl (C=O) groups is 1. The van der Waals surface area contributed by atoms with Crippen LogP contribution in [0.3, 0.4) is 0 Å². The molecule has 1 unspecified atom stereocenters. The second-order valence-electron chi connectivity index (χ2n) is 6.58. The molecule has 0 saturated carbocycles. The van der Waals surface area contributed by atoms with Crippen LogP contribution in [0, 0.1) is 6.92 Å². The molecule has 3 aliphatic heterocycles. The Hall–Kier alpha value is -1.40. The van der Waals surface area contributed by atoms with Crippen molar-refractivity contribution >= 4 is 5.91 Å². The molecule has 0 aromatic carbocycles. The molecule has 4 heterocycles. The van der Waals surface area contributed by atoms with Crippen molar-refractivity contribution in [2.24, 2.45) is 0 Å². The van der Waals surface area contributed by atoms with Crippen molar-refractivity contribution < 1.29 is 14.1 Å². The lowest BCUT2D eigenvalue weighted by molar-refractivity contribution is -0.0952. The van der Waals surface area contributed by atoms with E-state index in [1.54, 1.807) is 13.0 Å². The molecule has 1 aromatic heterocycles. The van der Waals surface area contributed by atoms with E-state index in [1.807, 2.05) is 4.90 Å². The highest BCUT2D eigenvalue weighted by Gasteiger charge is 2.52. The Morgan fingerprint density at radius 3 is 2.81 bits per heavy atom. The van der Waals surface area contributed by atoms with Gasteiger partial charge in [0.05, 0.1) is 19.7 Å². The third kappa shape index (κ3) is 2.26. The second-order valence-corrected chi connectivity index (χ2v) is 6.58. The third-order valence-electron chi connectivity index (χ3n) is 4.94. The monoisotopic (exact) mass is 291 g/mol. The van der Waals surface area contributed by atoms with E-state index in [1.165, 1.54) is 25.9 Å². The van der Waals surface area contributed by atoms with Gasteiger partial charge in [-0.3, -0.25) is 9.69 Å². The first kappa shape index (κ1) is 13.3. The third-order valence-corrected chi connectivity index (χ3v) is 4.94. The maximum Gasteiger partial charge on any atom is 0.276 e. The van der Waals surface area contributed by atoms with E-state index in [4.69, 9.17) is 9.26 Å². The molecule has 3 fully saturated rings. The fourth-order valence-electron chi connectivity index (χ4n) is 3.80. The predicted molar refractivity (Wildman–Crippen MR) is 75.0 cm³/mol. The number of amides is 1. The normalized spacial score (nSPS) is 28.2. The van der Waals surface area contributed by atoms with Gasteiger partial charge in [-0.15, -0.1) is 0 Å². The standard InChI is InChI=1S/C15H21N3O3/c1-11-6-13(16-21-11)14(19)18-9-15(10-18)7-12(8-20-15)17-4-2-3-5-17/h6,12H,2-5,7-10H2,1H3. The van der Waals surface area contributed by atoms with E-state index in [9.17, 15) is 4.79 Å². The molecule has 1 aromatic rings. The molecular formula is C15H21N3O3. The highest BCUT2D eigenvalue weighted by atomic mass is 16.5. The predicted octanol–water partition coefficient (Wildman–Crippen LogP) is 1.06. The van der Waals surface area contributed by atoms with E-state index in [2.05, 4.69) is 10.1 Å². The van der Waals surface area contributed by atoms with Crippen LogP contribution in [0.2, 0.25) is 0 Å². The Morgan fingerprint density at radius 2 is 2.14 bits per heavy atom. The van der Waals surface area contributed by atoms with Crippen LogP contribution in [0.15, 0.2) is 10.6 Å². The van der Waals surface area contributed by atoms with Crippen molar-refractivity contribution in [1.82, 2.24) is 15.0 Å². The average Bonchev–Trinajstić information content (AvgIpc) is 3.15. The van der Waals surface area contributed by atoms with Gasteiger partial charge in [0, 0.05) is 12.1 Å². The Kier molecular flexibility index (Phi) is 3.04. The first-order valence-electron chi connectivity index (χ1n) is 7.76. The molecule has 0 bridgehead atoms. The van der Waals surface area contributed by atoms with Crippen LogP contribution in [0.1, 0.15) is 35.5 Å². The van der Waals surface area contributed by atoms with Gasteiger partial charge in [-0.25, -0.2) is 0 Å². The van der Waals surface area contributed by atoms with Crippen molar-refractivity contribution in [2.75, 3.05) is 32.8 Å². The Labute approximate surface area is 124 Å². The summed E-state index contributed by atoms with van der Waals surface area (Å²) >= 11 is 0. The number of hydrogen-bond acceptors (Lipinski definition) is 5. The Bertz CT molecular complexity index is 544. The minimum atomic E-state index is -0.109. The highest BCUT2D eigenvalue weighted by molar-refractivity contribution is 5.93. The number of carbonyl (C=O) groups excluding carboxylic acids is 1. The molecule has 6 heteroatoms.